The molecule has 29 heavy (non-hydrogen) atoms. The number of rotatable bonds is 3. The van der Waals surface area contributed by atoms with Gasteiger partial charge in [0.2, 0.25) is 0 Å². The van der Waals surface area contributed by atoms with E-state index in [0.717, 1.165) is 21.7 Å². The van der Waals surface area contributed by atoms with Crippen molar-refractivity contribution >= 4 is 28.6 Å². The third-order valence-electron chi connectivity index (χ3n) is 4.59. The first-order valence-electron chi connectivity index (χ1n) is 8.70. The summed E-state index contributed by atoms with van der Waals surface area (Å²) in [6, 6.07) is 8.31. The van der Waals surface area contributed by atoms with Gasteiger partial charge < -0.3 is 9.64 Å². The van der Waals surface area contributed by atoms with Crippen LogP contribution in [0.5, 0.6) is 0 Å². The zero-order valence-corrected chi connectivity index (χ0v) is 16.5. The number of thiophene rings is 1. The Morgan fingerprint density at radius 3 is 2.79 bits per heavy atom. The molecule has 0 N–H and O–H groups in total. The molecule has 0 saturated carbocycles. The summed E-state index contributed by atoms with van der Waals surface area (Å²) in [5.41, 5.74) is -1.11. The van der Waals surface area contributed by atoms with E-state index in [9.17, 15) is 18.0 Å². The summed E-state index contributed by atoms with van der Waals surface area (Å²) >= 11 is 7.89. The van der Waals surface area contributed by atoms with Crippen molar-refractivity contribution in [3.8, 4) is 5.69 Å². The summed E-state index contributed by atoms with van der Waals surface area (Å²) in [4.78, 5) is 15.7. The molecule has 3 aromatic rings. The second kappa shape index (κ2) is 7.81. The van der Waals surface area contributed by atoms with E-state index in [0.29, 0.717) is 25.4 Å². The molecule has 1 fully saturated rings. The molecule has 0 aliphatic carbocycles. The lowest BCUT2D eigenvalue weighted by Crippen LogP contribution is -2.39. The van der Waals surface area contributed by atoms with Gasteiger partial charge in [0.15, 0.2) is 0 Å². The maximum absolute atomic E-state index is 13.0. The van der Waals surface area contributed by atoms with Crippen LogP contribution in [0.15, 0.2) is 52.8 Å². The standard InChI is InChI=1S/C19H15ClF3N3O2S/c20-17-14(25-6-7-28-15(11-25)16-5-2-8-29-16)10-24-26(18(17)27)13-4-1-3-12(9-13)19(21,22)23/h1-5,8-10,15H,6-7,11H2. The quantitative estimate of drug-likeness (QED) is 0.598. The van der Waals surface area contributed by atoms with Crippen molar-refractivity contribution in [2.75, 3.05) is 24.6 Å². The van der Waals surface area contributed by atoms with E-state index < -0.39 is 17.3 Å². The van der Waals surface area contributed by atoms with Crippen LogP contribution in [-0.2, 0) is 10.9 Å². The summed E-state index contributed by atoms with van der Waals surface area (Å²) in [6.07, 6.45) is -3.26. The van der Waals surface area contributed by atoms with Crippen LogP contribution in [0, 0.1) is 0 Å². The molecule has 0 amide bonds. The van der Waals surface area contributed by atoms with Crippen molar-refractivity contribution < 1.29 is 17.9 Å². The largest absolute Gasteiger partial charge is 0.416 e. The third-order valence-corrected chi connectivity index (χ3v) is 5.91. The second-order valence-electron chi connectivity index (χ2n) is 6.43. The number of alkyl halides is 3. The number of aromatic nitrogens is 2. The van der Waals surface area contributed by atoms with Crippen LogP contribution in [0.2, 0.25) is 5.02 Å². The number of benzene rings is 1. The van der Waals surface area contributed by atoms with Crippen LogP contribution < -0.4 is 10.5 Å². The minimum Gasteiger partial charge on any atom is -0.369 e. The molecule has 2 aromatic heterocycles. The van der Waals surface area contributed by atoms with Gasteiger partial charge in [-0.05, 0) is 29.6 Å². The van der Waals surface area contributed by atoms with Crippen molar-refractivity contribution in [2.24, 2.45) is 0 Å². The van der Waals surface area contributed by atoms with E-state index in [1.807, 2.05) is 22.4 Å². The van der Waals surface area contributed by atoms with Gasteiger partial charge in [-0.1, -0.05) is 23.7 Å². The van der Waals surface area contributed by atoms with Gasteiger partial charge in [-0.3, -0.25) is 4.79 Å². The fourth-order valence-electron chi connectivity index (χ4n) is 3.16. The van der Waals surface area contributed by atoms with Gasteiger partial charge in [0.05, 0.1) is 29.7 Å². The average molecular weight is 442 g/mol. The summed E-state index contributed by atoms with van der Waals surface area (Å²) < 4.78 is 45.6. The van der Waals surface area contributed by atoms with Crippen LogP contribution in [0.25, 0.3) is 5.69 Å². The van der Waals surface area contributed by atoms with E-state index in [1.54, 1.807) is 11.3 Å². The van der Waals surface area contributed by atoms with Gasteiger partial charge in [-0.2, -0.15) is 23.0 Å². The molecule has 0 radical (unpaired) electrons. The van der Waals surface area contributed by atoms with Crippen molar-refractivity contribution in [3.05, 3.63) is 73.8 Å². The number of hydrogen-bond donors (Lipinski definition) is 0. The fraction of sp³-hybridized carbons (Fsp3) is 0.263. The topological polar surface area (TPSA) is 47.4 Å². The van der Waals surface area contributed by atoms with E-state index in [-0.39, 0.29) is 16.8 Å². The van der Waals surface area contributed by atoms with Crippen molar-refractivity contribution in [3.63, 3.8) is 0 Å². The molecule has 152 valence electrons. The van der Waals surface area contributed by atoms with Gasteiger partial charge in [0.1, 0.15) is 11.1 Å². The second-order valence-corrected chi connectivity index (χ2v) is 7.79. The summed E-state index contributed by atoms with van der Waals surface area (Å²) in [5.74, 6) is 0. The Morgan fingerprint density at radius 2 is 2.07 bits per heavy atom. The fourth-order valence-corrected chi connectivity index (χ4v) is 4.17. The van der Waals surface area contributed by atoms with Crippen LogP contribution in [-0.4, -0.2) is 29.5 Å². The molecule has 5 nitrogen and oxygen atoms in total. The van der Waals surface area contributed by atoms with Crippen LogP contribution in [0.3, 0.4) is 0 Å². The lowest BCUT2D eigenvalue weighted by Gasteiger charge is -2.34. The Bertz CT molecular complexity index is 1070. The molecule has 10 heteroatoms. The molecular formula is C19H15ClF3N3O2S. The first-order valence-corrected chi connectivity index (χ1v) is 9.96. The highest BCUT2D eigenvalue weighted by atomic mass is 35.5. The monoisotopic (exact) mass is 441 g/mol. The van der Waals surface area contributed by atoms with Crippen molar-refractivity contribution in [1.29, 1.82) is 0 Å². The lowest BCUT2D eigenvalue weighted by molar-refractivity contribution is -0.137. The number of morpholine rings is 1. The minimum absolute atomic E-state index is 0.00304. The zero-order valence-electron chi connectivity index (χ0n) is 14.9. The molecule has 1 unspecified atom stereocenters. The highest BCUT2D eigenvalue weighted by Crippen LogP contribution is 2.32. The zero-order chi connectivity index (χ0) is 20.6. The van der Waals surface area contributed by atoms with Gasteiger partial charge in [-0.15, -0.1) is 11.3 Å². The molecule has 3 heterocycles. The maximum Gasteiger partial charge on any atom is 0.416 e. The summed E-state index contributed by atoms with van der Waals surface area (Å²) in [6.45, 7) is 1.47. The van der Waals surface area contributed by atoms with Crippen molar-refractivity contribution in [2.45, 2.75) is 12.3 Å². The van der Waals surface area contributed by atoms with E-state index in [4.69, 9.17) is 16.3 Å². The van der Waals surface area contributed by atoms with E-state index in [1.165, 1.54) is 18.3 Å². The molecule has 1 aliphatic rings. The smallest absolute Gasteiger partial charge is 0.369 e. The molecular weight excluding hydrogens is 427 g/mol. The van der Waals surface area contributed by atoms with Crippen LogP contribution in [0.1, 0.15) is 16.5 Å². The predicted octanol–water partition coefficient (Wildman–Crippen LogP) is 4.54. The summed E-state index contributed by atoms with van der Waals surface area (Å²) in [5, 5.41) is 5.94. The van der Waals surface area contributed by atoms with Gasteiger partial charge >= 0.3 is 6.18 Å². The number of ether oxygens (including phenoxy) is 1. The van der Waals surface area contributed by atoms with E-state index >= 15 is 0 Å². The Kier molecular flexibility index (Phi) is 5.37. The van der Waals surface area contributed by atoms with Crippen LogP contribution >= 0.6 is 22.9 Å². The molecule has 1 aromatic carbocycles. The highest BCUT2D eigenvalue weighted by Gasteiger charge is 2.31. The van der Waals surface area contributed by atoms with Gasteiger partial charge in [-0.25, -0.2) is 0 Å². The van der Waals surface area contributed by atoms with E-state index in [2.05, 4.69) is 5.10 Å². The Labute approximate surface area is 172 Å². The van der Waals surface area contributed by atoms with Crippen molar-refractivity contribution in [1.82, 2.24) is 9.78 Å². The average Bonchev–Trinajstić information content (AvgIpc) is 3.24. The number of halogens is 4. The first kappa shape index (κ1) is 19.9. The normalized spacial score (nSPS) is 17.5. The Hall–Kier alpha value is -2.36. The first-order chi connectivity index (χ1) is 13.8. The molecule has 0 bridgehead atoms. The molecule has 1 saturated heterocycles. The van der Waals surface area contributed by atoms with Crippen LogP contribution in [0.4, 0.5) is 18.9 Å². The Morgan fingerprint density at radius 1 is 1.24 bits per heavy atom. The number of hydrogen-bond acceptors (Lipinski definition) is 5. The third kappa shape index (κ3) is 4.03. The summed E-state index contributed by atoms with van der Waals surface area (Å²) in [7, 11) is 0. The van der Waals surface area contributed by atoms with Gasteiger partial charge in [0.25, 0.3) is 5.56 Å². The molecule has 1 atom stereocenters. The maximum atomic E-state index is 13.0. The number of nitrogens with zero attached hydrogens (tertiary/aromatic N) is 3. The number of anilines is 1. The molecule has 4 rings (SSSR count). The predicted molar refractivity (Wildman–Crippen MR) is 105 cm³/mol. The minimum atomic E-state index is -4.52. The molecule has 0 spiro atoms. The molecule has 1 aliphatic heterocycles. The lowest BCUT2D eigenvalue weighted by atomic mass is 10.2. The van der Waals surface area contributed by atoms with Gasteiger partial charge in [0, 0.05) is 18.0 Å². The Balaban J connectivity index is 1.65. The SMILES string of the molecule is O=c1c(Cl)c(N2CCOC(c3cccs3)C2)cnn1-c1cccc(C(F)(F)F)c1. The highest BCUT2D eigenvalue weighted by molar-refractivity contribution is 7.10.